The van der Waals surface area contributed by atoms with Crippen molar-refractivity contribution in [3.8, 4) is 5.75 Å². The van der Waals surface area contributed by atoms with Crippen LogP contribution in [-0.2, 0) is 0 Å². The summed E-state index contributed by atoms with van der Waals surface area (Å²) in [4.78, 5) is 9.94. The normalized spacial score (nSPS) is 19.1. The van der Waals surface area contributed by atoms with E-state index in [0.29, 0.717) is 6.08 Å². The number of alkyl halides is 3. The van der Waals surface area contributed by atoms with E-state index in [2.05, 4.69) is 5.43 Å². The van der Waals surface area contributed by atoms with Crippen molar-refractivity contribution in [2.75, 3.05) is 7.05 Å². The molecule has 0 aromatic heterocycles. The van der Waals surface area contributed by atoms with E-state index >= 15 is 0 Å². The van der Waals surface area contributed by atoms with Gasteiger partial charge in [0.05, 0.1) is 4.92 Å². The Morgan fingerprint density at radius 3 is 2.62 bits per heavy atom. The van der Waals surface area contributed by atoms with Gasteiger partial charge < -0.3 is 4.74 Å². The lowest BCUT2D eigenvalue weighted by atomic mass is 10.3. The van der Waals surface area contributed by atoms with Crippen molar-refractivity contribution < 1.29 is 27.2 Å². The molecule has 0 fully saturated rings. The molecule has 1 aromatic rings. The fourth-order valence-electron chi connectivity index (χ4n) is 1.75. The summed E-state index contributed by atoms with van der Waals surface area (Å²) in [6, 6.07) is 0.499. The summed E-state index contributed by atoms with van der Waals surface area (Å²) in [7, 11) is 1.13. The molecular weight excluding hydrogens is 298 g/mol. The summed E-state index contributed by atoms with van der Waals surface area (Å²) in [5, 5.41) is 11.5. The fourth-order valence-corrected chi connectivity index (χ4v) is 1.75. The van der Waals surface area contributed by atoms with Crippen LogP contribution < -0.4 is 10.2 Å². The van der Waals surface area contributed by atoms with E-state index in [1.807, 2.05) is 0 Å². The van der Waals surface area contributed by atoms with Crippen molar-refractivity contribution in [2.45, 2.75) is 12.2 Å². The molecule has 1 aliphatic rings. The lowest BCUT2D eigenvalue weighted by Crippen LogP contribution is -2.43. The van der Waals surface area contributed by atoms with Gasteiger partial charge in [-0.15, -0.1) is 0 Å². The third kappa shape index (κ3) is 3.21. The van der Waals surface area contributed by atoms with E-state index in [1.54, 1.807) is 0 Å². The van der Waals surface area contributed by atoms with Crippen LogP contribution in [0, 0.1) is 15.9 Å². The Labute approximate surface area is 115 Å². The standard InChI is InChI=1S/C11H9F4N3O3/c1-17-9(11(13,14)15)5-10(16-17)21-8-4-6(12)2-3-7(8)18(19)20/h2-5,9,16H,1H3. The monoisotopic (exact) mass is 307 g/mol. The largest absolute Gasteiger partial charge is 0.433 e. The number of nitrogens with one attached hydrogen (secondary N) is 1. The molecule has 1 heterocycles. The second-order valence-electron chi connectivity index (χ2n) is 4.21. The maximum Gasteiger partial charge on any atom is 0.409 e. The molecule has 1 aromatic carbocycles. The molecule has 1 atom stereocenters. The molecule has 0 bridgehead atoms. The van der Waals surface area contributed by atoms with Crippen LogP contribution in [0.4, 0.5) is 23.2 Å². The summed E-state index contributed by atoms with van der Waals surface area (Å²) in [6.45, 7) is 0. The number of likely N-dealkylation sites (N-methyl/N-ethyl adjacent to an activating group) is 1. The molecule has 0 spiro atoms. The average molecular weight is 307 g/mol. The minimum Gasteiger partial charge on any atom is -0.433 e. The molecule has 1 unspecified atom stereocenters. The molecular formula is C11H9F4N3O3. The topological polar surface area (TPSA) is 67.6 Å². The molecule has 1 N–H and O–H groups in total. The Balaban J connectivity index is 2.27. The molecule has 0 saturated heterocycles. The number of halogens is 4. The Bertz CT molecular complexity index is 603. The van der Waals surface area contributed by atoms with Crippen molar-refractivity contribution >= 4 is 5.69 Å². The Hall–Kier alpha value is -2.36. The fraction of sp³-hybridized carbons (Fsp3) is 0.273. The SMILES string of the molecule is CN1NC(Oc2cc(F)ccc2[N+](=O)[O-])=CC1C(F)(F)F. The maximum atomic E-state index is 13.1. The molecule has 0 amide bonds. The van der Waals surface area contributed by atoms with Crippen LogP contribution in [0.25, 0.3) is 0 Å². The van der Waals surface area contributed by atoms with Gasteiger partial charge in [-0.2, -0.15) is 13.2 Å². The minimum absolute atomic E-state index is 0.367. The predicted octanol–water partition coefficient (Wildman–Crippen LogP) is 2.33. The zero-order valence-electron chi connectivity index (χ0n) is 10.5. The van der Waals surface area contributed by atoms with Gasteiger partial charge in [-0.3, -0.25) is 15.5 Å². The molecule has 1 aliphatic heterocycles. The van der Waals surface area contributed by atoms with Crippen molar-refractivity contribution in [2.24, 2.45) is 0 Å². The second-order valence-corrected chi connectivity index (χ2v) is 4.21. The summed E-state index contributed by atoms with van der Waals surface area (Å²) in [6.07, 6.45) is -3.84. The second kappa shape index (κ2) is 5.20. The van der Waals surface area contributed by atoms with Crippen LogP contribution in [0.15, 0.2) is 30.2 Å². The van der Waals surface area contributed by atoms with Gasteiger partial charge in [-0.1, -0.05) is 0 Å². The number of nitrogens with zero attached hydrogens (tertiary/aromatic N) is 2. The number of nitro groups is 1. The van der Waals surface area contributed by atoms with Gasteiger partial charge in [0.1, 0.15) is 11.9 Å². The first-order chi connectivity index (χ1) is 9.68. The third-order valence-corrected chi connectivity index (χ3v) is 2.69. The highest BCUT2D eigenvalue weighted by Gasteiger charge is 2.45. The van der Waals surface area contributed by atoms with E-state index in [9.17, 15) is 27.7 Å². The quantitative estimate of drug-likeness (QED) is 0.527. The van der Waals surface area contributed by atoms with E-state index in [4.69, 9.17) is 4.74 Å². The Kier molecular flexibility index (Phi) is 3.73. The van der Waals surface area contributed by atoms with Crippen LogP contribution in [0.3, 0.4) is 0 Å². The smallest absolute Gasteiger partial charge is 0.409 e. The molecule has 10 heteroatoms. The lowest BCUT2D eigenvalue weighted by Gasteiger charge is -2.21. The molecule has 0 saturated carbocycles. The van der Waals surface area contributed by atoms with Gasteiger partial charge >= 0.3 is 11.9 Å². The first-order valence-electron chi connectivity index (χ1n) is 5.58. The molecule has 114 valence electrons. The number of hydrazine groups is 1. The number of hydrogen-bond donors (Lipinski definition) is 1. The van der Waals surface area contributed by atoms with E-state index in [-0.39, 0.29) is 5.88 Å². The zero-order valence-corrected chi connectivity index (χ0v) is 10.5. The lowest BCUT2D eigenvalue weighted by molar-refractivity contribution is -0.385. The van der Waals surface area contributed by atoms with Gasteiger partial charge in [0, 0.05) is 25.3 Å². The van der Waals surface area contributed by atoms with Crippen LogP contribution >= 0.6 is 0 Å². The number of benzene rings is 1. The molecule has 2 rings (SSSR count). The van der Waals surface area contributed by atoms with Gasteiger partial charge in [0.2, 0.25) is 11.6 Å². The van der Waals surface area contributed by atoms with Crippen LogP contribution in [0.5, 0.6) is 5.75 Å². The van der Waals surface area contributed by atoms with Crippen LogP contribution in [0.2, 0.25) is 0 Å². The van der Waals surface area contributed by atoms with E-state index in [1.165, 1.54) is 0 Å². The summed E-state index contributed by atoms with van der Waals surface area (Å²) in [5.74, 6) is -1.67. The summed E-state index contributed by atoms with van der Waals surface area (Å²) < 4.78 is 56.0. The summed E-state index contributed by atoms with van der Waals surface area (Å²) >= 11 is 0. The average Bonchev–Trinajstić information content (AvgIpc) is 2.69. The van der Waals surface area contributed by atoms with Gasteiger partial charge in [-0.25, -0.2) is 9.40 Å². The van der Waals surface area contributed by atoms with Crippen molar-refractivity contribution in [1.29, 1.82) is 0 Å². The van der Waals surface area contributed by atoms with E-state index < -0.39 is 34.4 Å². The predicted molar refractivity (Wildman–Crippen MR) is 62.5 cm³/mol. The van der Waals surface area contributed by atoms with Gasteiger partial charge in [0.15, 0.2) is 0 Å². The highest BCUT2D eigenvalue weighted by atomic mass is 19.4. The first kappa shape index (κ1) is 15.0. The number of ether oxygens (including phenoxy) is 1. The number of nitro benzene ring substituents is 1. The Morgan fingerprint density at radius 1 is 1.43 bits per heavy atom. The van der Waals surface area contributed by atoms with Crippen molar-refractivity contribution in [1.82, 2.24) is 10.4 Å². The van der Waals surface area contributed by atoms with Crippen LogP contribution in [-0.4, -0.2) is 29.2 Å². The van der Waals surface area contributed by atoms with Gasteiger partial charge in [-0.05, 0) is 6.07 Å². The Morgan fingerprint density at radius 2 is 2.10 bits per heavy atom. The zero-order chi connectivity index (χ0) is 15.8. The number of rotatable bonds is 3. The highest BCUT2D eigenvalue weighted by molar-refractivity contribution is 5.47. The number of hydrogen-bond acceptors (Lipinski definition) is 5. The molecule has 0 aliphatic carbocycles. The van der Waals surface area contributed by atoms with E-state index in [0.717, 1.165) is 30.3 Å². The minimum atomic E-state index is -4.54. The maximum absolute atomic E-state index is 13.1. The van der Waals surface area contributed by atoms with Crippen LogP contribution in [0.1, 0.15) is 0 Å². The summed E-state index contributed by atoms with van der Waals surface area (Å²) in [5.41, 5.74) is 1.69. The van der Waals surface area contributed by atoms with Gasteiger partial charge in [0.25, 0.3) is 0 Å². The highest BCUT2D eigenvalue weighted by Crippen LogP contribution is 2.32. The first-order valence-corrected chi connectivity index (χ1v) is 5.58. The third-order valence-electron chi connectivity index (χ3n) is 2.69. The van der Waals surface area contributed by atoms with Crippen molar-refractivity contribution in [3.63, 3.8) is 0 Å². The molecule has 0 radical (unpaired) electrons. The molecule has 6 nitrogen and oxygen atoms in total. The molecule has 21 heavy (non-hydrogen) atoms. The van der Waals surface area contributed by atoms with Crippen molar-refractivity contribution in [3.05, 3.63) is 46.1 Å².